The van der Waals surface area contributed by atoms with Crippen molar-refractivity contribution in [2.75, 3.05) is 31.5 Å². The monoisotopic (exact) mass is 359 g/mol. The maximum atomic E-state index is 12.1. The highest BCUT2D eigenvalue weighted by Gasteiger charge is 2.21. The first-order valence-corrected chi connectivity index (χ1v) is 9.73. The summed E-state index contributed by atoms with van der Waals surface area (Å²) in [6.07, 6.45) is 4.93. The molecule has 2 N–H and O–H groups in total. The molecular formula is C19H25N3O2S. The van der Waals surface area contributed by atoms with Gasteiger partial charge >= 0.3 is 0 Å². The van der Waals surface area contributed by atoms with Crippen LogP contribution in [-0.4, -0.2) is 42.9 Å². The van der Waals surface area contributed by atoms with E-state index < -0.39 is 0 Å². The van der Waals surface area contributed by atoms with Crippen molar-refractivity contribution in [3.8, 4) is 0 Å². The summed E-state index contributed by atoms with van der Waals surface area (Å²) in [5.41, 5.74) is 0.797. The highest BCUT2D eigenvalue weighted by Crippen LogP contribution is 2.37. The molecule has 6 heteroatoms. The van der Waals surface area contributed by atoms with Gasteiger partial charge in [0.25, 0.3) is 5.91 Å². The number of hydrogen-bond acceptors (Lipinski definition) is 4. The highest BCUT2D eigenvalue weighted by atomic mass is 32.2. The van der Waals surface area contributed by atoms with Crippen LogP contribution in [0.1, 0.15) is 26.2 Å². The molecule has 134 valence electrons. The van der Waals surface area contributed by atoms with Crippen LogP contribution in [0, 0.1) is 5.92 Å². The number of piperidine rings is 1. The summed E-state index contributed by atoms with van der Waals surface area (Å²) in [7, 11) is 0. The van der Waals surface area contributed by atoms with E-state index in [9.17, 15) is 9.59 Å². The molecule has 0 aromatic heterocycles. The molecule has 2 amide bonds. The van der Waals surface area contributed by atoms with Gasteiger partial charge in [-0.05, 0) is 50.4 Å². The molecular weight excluding hydrogens is 334 g/mol. The van der Waals surface area contributed by atoms with Crippen LogP contribution in [0.5, 0.6) is 0 Å². The Kier molecular flexibility index (Phi) is 6.15. The van der Waals surface area contributed by atoms with Crippen molar-refractivity contribution >= 4 is 29.3 Å². The number of para-hydroxylation sites is 1. The highest BCUT2D eigenvalue weighted by molar-refractivity contribution is 8.04. The molecule has 1 atom stereocenters. The molecule has 0 bridgehead atoms. The van der Waals surface area contributed by atoms with Crippen LogP contribution in [0.15, 0.2) is 40.1 Å². The van der Waals surface area contributed by atoms with Gasteiger partial charge in [0, 0.05) is 24.1 Å². The quantitative estimate of drug-likeness (QED) is 0.627. The van der Waals surface area contributed by atoms with Crippen molar-refractivity contribution in [3.05, 3.63) is 35.2 Å². The van der Waals surface area contributed by atoms with Gasteiger partial charge in [-0.1, -0.05) is 30.8 Å². The van der Waals surface area contributed by atoms with E-state index in [2.05, 4.69) is 22.5 Å². The first kappa shape index (κ1) is 18.0. The second-order valence-electron chi connectivity index (χ2n) is 6.75. The van der Waals surface area contributed by atoms with Gasteiger partial charge in [0.15, 0.2) is 0 Å². The summed E-state index contributed by atoms with van der Waals surface area (Å²) in [6.45, 7) is 6.28. The molecule has 1 saturated heterocycles. The normalized spacial score (nSPS) is 22.4. The Bertz CT molecular complexity index is 674. The summed E-state index contributed by atoms with van der Waals surface area (Å²) in [4.78, 5) is 28.0. The van der Waals surface area contributed by atoms with E-state index >= 15 is 0 Å². The van der Waals surface area contributed by atoms with Crippen LogP contribution < -0.4 is 10.6 Å². The lowest BCUT2D eigenvalue weighted by atomic mass is 10.0. The minimum atomic E-state index is -0.221. The Morgan fingerprint density at radius 2 is 2.28 bits per heavy atom. The summed E-state index contributed by atoms with van der Waals surface area (Å²) in [6, 6.07) is 7.59. The number of rotatable bonds is 5. The number of hydrogen-bond donors (Lipinski definition) is 2. The minimum Gasteiger partial charge on any atom is -0.352 e. The number of nitrogens with zero attached hydrogens (tertiary/aromatic N) is 1. The Morgan fingerprint density at radius 3 is 3.12 bits per heavy atom. The zero-order valence-electron chi connectivity index (χ0n) is 14.6. The standard InChI is InChI=1S/C19H25N3O2S/c1-14-6-4-10-22(13-14)11-5-9-20-18(23)12-17-19(24)21-15-7-2-3-8-16(15)25-17/h2-3,7-8,12,14H,4-6,9-11,13H2,1H3,(H,20,23)(H,21,24). The second kappa shape index (κ2) is 8.54. The number of thioether (sulfide) groups is 1. The van der Waals surface area contributed by atoms with Gasteiger partial charge in [0.1, 0.15) is 0 Å². The number of fused-ring (bicyclic) bond motifs is 1. The molecule has 2 aliphatic rings. The predicted octanol–water partition coefficient (Wildman–Crippen LogP) is 2.85. The van der Waals surface area contributed by atoms with Gasteiger partial charge in [0.05, 0.1) is 10.6 Å². The molecule has 5 nitrogen and oxygen atoms in total. The maximum Gasteiger partial charge on any atom is 0.262 e. The molecule has 2 aliphatic heterocycles. The van der Waals surface area contributed by atoms with E-state index in [0.29, 0.717) is 11.4 Å². The summed E-state index contributed by atoms with van der Waals surface area (Å²) < 4.78 is 0. The minimum absolute atomic E-state index is 0.205. The molecule has 1 fully saturated rings. The summed E-state index contributed by atoms with van der Waals surface area (Å²) >= 11 is 1.34. The van der Waals surface area contributed by atoms with Crippen LogP contribution in [0.2, 0.25) is 0 Å². The van der Waals surface area contributed by atoms with Crippen molar-refractivity contribution < 1.29 is 9.59 Å². The van der Waals surface area contributed by atoms with Crippen molar-refractivity contribution in [3.63, 3.8) is 0 Å². The van der Waals surface area contributed by atoms with E-state index in [1.807, 2.05) is 24.3 Å². The van der Waals surface area contributed by atoms with Gasteiger partial charge in [-0.3, -0.25) is 9.59 Å². The van der Waals surface area contributed by atoms with Gasteiger partial charge < -0.3 is 15.5 Å². The van der Waals surface area contributed by atoms with Crippen molar-refractivity contribution in [1.29, 1.82) is 0 Å². The van der Waals surface area contributed by atoms with Gasteiger partial charge in [-0.2, -0.15) is 0 Å². The van der Waals surface area contributed by atoms with E-state index in [1.54, 1.807) is 0 Å². The van der Waals surface area contributed by atoms with Gasteiger partial charge in [-0.25, -0.2) is 0 Å². The smallest absolute Gasteiger partial charge is 0.262 e. The van der Waals surface area contributed by atoms with E-state index in [-0.39, 0.29) is 11.8 Å². The average Bonchev–Trinajstić information content (AvgIpc) is 2.59. The predicted molar refractivity (Wildman–Crippen MR) is 101 cm³/mol. The third kappa shape index (κ3) is 5.09. The molecule has 0 aliphatic carbocycles. The van der Waals surface area contributed by atoms with E-state index in [4.69, 9.17) is 0 Å². The zero-order valence-corrected chi connectivity index (χ0v) is 15.4. The van der Waals surface area contributed by atoms with Crippen LogP contribution in [0.25, 0.3) is 0 Å². The second-order valence-corrected chi connectivity index (χ2v) is 7.84. The summed E-state index contributed by atoms with van der Waals surface area (Å²) in [5.74, 6) is 0.350. The third-order valence-corrected chi connectivity index (χ3v) is 5.63. The number of likely N-dealkylation sites (tertiary alicyclic amines) is 1. The maximum absolute atomic E-state index is 12.1. The van der Waals surface area contributed by atoms with Crippen LogP contribution in [0.3, 0.4) is 0 Å². The zero-order chi connectivity index (χ0) is 17.6. The lowest BCUT2D eigenvalue weighted by Crippen LogP contribution is -2.36. The third-order valence-electron chi connectivity index (χ3n) is 4.53. The molecule has 1 unspecified atom stereocenters. The SMILES string of the molecule is CC1CCCN(CCCNC(=O)C=C2Sc3ccccc3NC2=O)C1. The van der Waals surface area contributed by atoms with Crippen molar-refractivity contribution in [2.24, 2.45) is 5.92 Å². The lowest BCUT2D eigenvalue weighted by molar-refractivity contribution is -0.117. The molecule has 0 saturated carbocycles. The Labute approximate surface area is 153 Å². The van der Waals surface area contributed by atoms with Crippen LogP contribution in [-0.2, 0) is 9.59 Å². The molecule has 2 heterocycles. The van der Waals surface area contributed by atoms with Crippen molar-refractivity contribution in [1.82, 2.24) is 10.2 Å². The van der Waals surface area contributed by atoms with Gasteiger partial charge in [-0.15, -0.1) is 0 Å². The first-order chi connectivity index (χ1) is 12.1. The number of carbonyl (C=O) groups excluding carboxylic acids is 2. The molecule has 1 aromatic carbocycles. The number of carbonyl (C=O) groups is 2. The van der Waals surface area contributed by atoms with E-state index in [1.165, 1.54) is 37.2 Å². The van der Waals surface area contributed by atoms with Gasteiger partial charge in [0.2, 0.25) is 5.91 Å². The Hall–Kier alpha value is -1.79. The van der Waals surface area contributed by atoms with Crippen LogP contribution >= 0.6 is 11.8 Å². The fraction of sp³-hybridized carbons (Fsp3) is 0.474. The fourth-order valence-electron chi connectivity index (χ4n) is 3.28. The van der Waals surface area contributed by atoms with E-state index in [0.717, 1.165) is 36.0 Å². The fourth-order valence-corrected chi connectivity index (χ4v) is 4.20. The summed E-state index contributed by atoms with van der Waals surface area (Å²) in [5, 5.41) is 5.70. The number of benzene rings is 1. The largest absolute Gasteiger partial charge is 0.352 e. The topological polar surface area (TPSA) is 61.4 Å². The molecule has 3 rings (SSSR count). The Morgan fingerprint density at radius 1 is 1.44 bits per heavy atom. The number of amides is 2. The molecule has 0 spiro atoms. The molecule has 0 radical (unpaired) electrons. The molecule has 25 heavy (non-hydrogen) atoms. The number of nitrogens with one attached hydrogen (secondary N) is 2. The lowest BCUT2D eigenvalue weighted by Gasteiger charge is -2.30. The molecule has 1 aromatic rings. The van der Waals surface area contributed by atoms with Crippen LogP contribution in [0.4, 0.5) is 5.69 Å². The Balaban J connectivity index is 1.44. The first-order valence-electron chi connectivity index (χ1n) is 8.92. The van der Waals surface area contributed by atoms with Crippen molar-refractivity contribution in [2.45, 2.75) is 31.1 Å². The number of anilines is 1. The average molecular weight is 359 g/mol.